The lowest BCUT2D eigenvalue weighted by Crippen LogP contribution is -2.71. The Labute approximate surface area is 248 Å². The molecule has 220 valence electrons. The van der Waals surface area contributed by atoms with Gasteiger partial charge >= 0.3 is 10.4 Å². The highest BCUT2D eigenvalue weighted by molar-refractivity contribution is 8.00. The molecule has 4 heterocycles. The second-order valence-corrected chi connectivity index (χ2v) is 11.4. The number of carbonyl (C=O) groups excluding carboxylic acids is 3. The van der Waals surface area contributed by atoms with E-state index in [0.717, 1.165) is 16.2 Å². The van der Waals surface area contributed by atoms with Crippen molar-refractivity contribution in [1.29, 1.82) is 0 Å². The first-order chi connectivity index (χ1) is 20.9. The predicted molar refractivity (Wildman–Crippen MR) is 145 cm³/mol. The van der Waals surface area contributed by atoms with Gasteiger partial charge in [-0.15, -0.1) is 23.1 Å². The molecule has 2 amide bonds. The van der Waals surface area contributed by atoms with Crippen LogP contribution in [0.25, 0.3) is 0 Å². The van der Waals surface area contributed by atoms with Crippen LogP contribution in [0.15, 0.2) is 40.1 Å². The molecule has 0 saturated carbocycles. The largest absolute Gasteiger partial charge is 0.543 e. The summed E-state index contributed by atoms with van der Waals surface area (Å²) in [4.78, 5) is 48.2. The molecule has 0 aromatic carbocycles. The number of thiazole rings is 1. The molecule has 0 bridgehead atoms. The average molecular weight is 631 g/mol. The third-order valence-corrected chi connectivity index (χ3v) is 7.96. The second-order valence-electron chi connectivity index (χ2n) is 8.54. The van der Waals surface area contributed by atoms with Crippen LogP contribution in [0.1, 0.15) is 35.2 Å². The Morgan fingerprint density at radius 3 is 2.80 bits per heavy atom. The van der Waals surface area contributed by atoms with Crippen LogP contribution in [0, 0.1) is 0 Å². The number of pyridine rings is 1. The van der Waals surface area contributed by atoms with Crippen molar-refractivity contribution in [1.82, 2.24) is 15.2 Å². The lowest BCUT2D eigenvalue weighted by atomic mass is 9.95. The predicted octanol–water partition coefficient (Wildman–Crippen LogP) is -1.31. The van der Waals surface area contributed by atoms with Gasteiger partial charge in [-0.05, 0) is 25.2 Å². The number of nitrogen functional groups attached to an aromatic ring is 1. The number of hydrogen-bond donors (Lipinski definition) is 4. The van der Waals surface area contributed by atoms with E-state index >= 15 is 0 Å². The van der Waals surface area contributed by atoms with E-state index in [0.29, 0.717) is 11.3 Å². The van der Waals surface area contributed by atoms with Gasteiger partial charge in [-0.1, -0.05) is 5.16 Å². The number of aromatic nitrogens is 2. The Bertz CT molecular complexity index is 1710. The number of anilines is 1. The van der Waals surface area contributed by atoms with Crippen molar-refractivity contribution in [2.24, 2.45) is 5.16 Å². The number of oxime groups is 1. The van der Waals surface area contributed by atoms with Crippen LogP contribution in [0.2, 0.25) is 0 Å². The van der Waals surface area contributed by atoms with Crippen molar-refractivity contribution in [2.75, 3.05) is 18.6 Å². The number of nitrogens with two attached hydrogens (primary N) is 1. The molecule has 15 nitrogen and oxygen atoms in total. The Balaban J connectivity index is 0.000000854. The first kappa shape index (κ1) is 25.2. The van der Waals surface area contributed by atoms with Crippen molar-refractivity contribution < 1.29 is 51.9 Å². The Kier molecular flexibility index (Phi) is 7.68. The fraction of sp³-hybridized carbons (Fsp3) is 0.391. The van der Waals surface area contributed by atoms with Gasteiger partial charge in [-0.3, -0.25) is 23.6 Å². The summed E-state index contributed by atoms with van der Waals surface area (Å²) in [7, 11) is -3.42. The summed E-state index contributed by atoms with van der Waals surface area (Å²) >= 11 is 2.36. The molecule has 5 N–H and O–H groups in total. The van der Waals surface area contributed by atoms with E-state index in [1.165, 1.54) is 30.3 Å². The first-order valence-electron chi connectivity index (χ1n) is 13.6. The quantitative estimate of drug-likeness (QED) is 0.0919. The number of carboxylic acids is 1. The first-order valence-corrected chi connectivity index (χ1v) is 14.9. The highest BCUT2D eigenvalue weighted by atomic mass is 32.3. The van der Waals surface area contributed by atoms with Crippen molar-refractivity contribution in [3.8, 4) is 0 Å². The summed E-state index contributed by atoms with van der Waals surface area (Å²) < 4.78 is 66.2. The number of aryl methyl sites for hydroxylation is 1. The lowest BCUT2D eigenvalue weighted by molar-refractivity contribution is -0.697. The standard InChI is InChI=1S/C23H24N6O5S2.H2O4S/c1-34-27-16(14-11-36-23(24)25-14)19(30)26-17-20(31)29-18(22(32)33)13(10-35-21(17)29)9-28-8-4-6-12-5-2-3-7-15(12)28;1-5(2,3)4/h4,6,8,11,17,21H,2-3,5,7,9-10H2,1H3,(H3-,24,25,26,30,32,33);(H2,1,2,3,4)/b27-16-;/t17-,21-;/m1./s1/i2D2,5D2;. The number of fused-ring (bicyclic) bond motifs is 2. The summed E-state index contributed by atoms with van der Waals surface area (Å²) in [5.41, 5.74) is 6.49. The summed E-state index contributed by atoms with van der Waals surface area (Å²) in [5, 5.41) is 19.6. The van der Waals surface area contributed by atoms with Crippen molar-refractivity contribution >= 4 is 62.1 Å². The summed E-state index contributed by atoms with van der Waals surface area (Å²) in [6.45, 7) is 0.0436. The van der Waals surface area contributed by atoms with E-state index in [4.69, 9.17) is 33.6 Å². The molecule has 2 aromatic heterocycles. The molecule has 1 aliphatic carbocycles. The molecular weight excluding hydrogens is 600 g/mol. The number of aliphatic carboxylic acids is 1. The normalized spacial score (nSPS) is 24.1. The Morgan fingerprint density at radius 2 is 2.17 bits per heavy atom. The van der Waals surface area contributed by atoms with Crippen LogP contribution in [0.3, 0.4) is 0 Å². The number of carbonyl (C=O) groups is 3. The van der Waals surface area contributed by atoms with E-state index in [1.807, 2.05) is 0 Å². The van der Waals surface area contributed by atoms with Gasteiger partial charge in [0.1, 0.15) is 24.2 Å². The van der Waals surface area contributed by atoms with Gasteiger partial charge in [0.05, 0.1) is 11.7 Å². The van der Waals surface area contributed by atoms with Crippen LogP contribution >= 0.6 is 23.1 Å². The zero-order chi connectivity index (χ0) is 33.5. The van der Waals surface area contributed by atoms with Gasteiger partial charge in [0, 0.05) is 40.2 Å². The third-order valence-electron chi connectivity index (χ3n) is 5.95. The van der Waals surface area contributed by atoms with Crippen LogP contribution in [-0.2, 0) is 49.0 Å². The zero-order valence-corrected chi connectivity index (χ0v) is 23.6. The molecular formula is C23H26N6O9S3. The maximum absolute atomic E-state index is 13.1. The smallest absolute Gasteiger partial charge is 0.394 e. The summed E-state index contributed by atoms with van der Waals surface area (Å²) in [6, 6.07) is 2.10. The van der Waals surface area contributed by atoms with Crippen LogP contribution in [0.4, 0.5) is 5.13 Å². The highest BCUT2D eigenvalue weighted by Crippen LogP contribution is 2.40. The maximum Gasteiger partial charge on any atom is 0.394 e. The summed E-state index contributed by atoms with van der Waals surface area (Å²) in [6.07, 6.45) is -2.37. The number of rotatable bonds is 7. The van der Waals surface area contributed by atoms with E-state index in [9.17, 15) is 19.5 Å². The molecule has 0 radical (unpaired) electrons. The van der Waals surface area contributed by atoms with E-state index in [2.05, 4.69) is 15.5 Å². The molecule has 5 rings (SSSR count). The Hall–Kier alpha value is -3.58. The minimum atomic E-state index is -4.67. The number of carboxylic acid groups (broad SMARTS) is 1. The van der Waals surface area contributed by atoms with Gasteiger partial charge < -0.3 is 25.8 Å². The molecule has 1 saturated heterocycles. The molecule has 0 unspecified atom stereocenters. The number of β-lactam (4-membered cyclic amide) rings is 1. The third kappa shape index (κ3) is 7.02. The van der Waals surface area contributed by atoms with Crippen molar-refractivity contribution in [2.45, 2.75) is 43.5 Å². The zero-order valence-electron chi connectivity index (χ0n) is 25.1. The molecule has 41 heavy (non-hydrogen) atoms. The molecule has 2 atom stereocenters. The van der Waals surface area contributed by atoms with Gasteiger partial charge in [0.25, 0.3) is 11.8 Å². The van der Waals surface area contributed by atoms with E-state index in [1.54, 1.807) is 16.8 Å². The fourth-order valence-electron chi connectivity index (χ4n) is 4.36. The molecule has 18 heteroatoms. The molecule has 2 aliphatic heterocycles. The van der Waals surface area contributed by atoms with Gasteiger partial charge in [0.15, 0.2) is 29.3 Å². The van der Waals surface area contributed by atoms with Crippen molar-refractivity contribution in [3.05, 3.63) is 51.9 Å². The van der Waals surface area contributed by atoms with Gasteiger partial charge in [-0.2, -0.15) is 13.0 Å². The number of amides is 2. The van der Waals surface area contributed by atoms with Crippen molar-refractivity contribution in [3.63, 3.8) is 0 Å². The fourth-order valence-corrected chi connectivity index (χ4v) is 6.25. The molecule has 2 aromatic rings. The second kappa shape index (κ2) is 12.5. The van der Waals surface area contributed by atoms with Gasteiger partial charge in [-0.25, -0.2) is 4.98 Å². The van der Waals surface area contributed by atoms with Crippen LogP contribution < -0.4 is 20.7 Å². The minimum Gasteiger partial charge on any atom is -0.543 e. The van der Waals surface area contributed by atoms with Gasteiger partial charge in [0.2, 0.25) is 0 Å². The average Bonchev–Trinajstić information content (AvgIpc) is 3.37. The lowest BCUT2D eigenvalue weighted by Gasteiger charge is -2.50. The number of thioether (sulfide) groups is 1. The summed E-state index contributed by atoms with van der Waals surface area (Å²) in [5.74, 6) is -2.72. The minimum absolute atomic E-state index is 0.0337. The SMILES string of the molecule is O=S(=O)(O)O.[2H]C1([2H])CCc2c(ccc[n+]2CC2=C(C(=O)[O-])N3C(=O)[C@@H](NC(=O)/C(=N\OC)c4csc(N)n4)[C@H]3SC2)C1([2H])[2H]. The molecule has 1 fully saturated rings. The van der Waals surface area contributed by atoms with E-state index in [-0.39, 0.29) is 52.9 Å². The molecule has 0 spiro atoms. The maximum atomic E-state index is 13.1. The monoisotopic (exact) mass is 630 g/mol. The van der Waals surface area contributed by atoms with Crippen LogP contribution in [-0.4, -0.2) is 75.2 Å². The number of hydrogen-bond acceptors (Lipinski definition) is 12. The molecule has 3 aliphatic rings. The van der Waals surface area contributed by atoms with E-state index < -0.39 is 52.3 Å². The highest BCUT2D eigenvalue weighted by Gasteiger charge is 2.53. The number of nitrogens with one attached hydrogen (secondary N) is 1. The topological polar surface area (TPSA) is 229 Å². The number of nitrogens with zero attached hydrogens (tertiary/aromatic N) is 4. The van der Waals surface area contributed by atoms with Crippen LogP contribution in [0.5, 0.6) is 0 Å². The Morgan fingerprint density at radius 1 is 1.44 bits per heavy atom.